The Morgan fingerprint density at radius 1 is 1.47 bits per heavy atom. The quantitative estimate of drug-likeness (QED) is 0.700. The summed E-state index contributed by atoms with van der Waals surface area (Å²) in [5, 5.41) is 3.29. The van der Waals surface area contributed by atoms with Crippen LogP contribution in [0.3, 0.4) is 0 Å². The van der Waals surface area contributed by atoms with Gasteiger partial charge in [0.25, 0.3) is 0 Å². The largest absolute Gasteiger partial charge is 0.354 e. The van der Waals surface area contributed by atoms with Crippen molar-refractivity contribution in [2.75, 3.05) is 14.2 Å². The maximum atomic E-state index is 5.15. The Labute approximate surface area is 90.4 Å². The molecule has 0 radical (unpaired) electrons. The second-order valence-corrected chi connectivity index (χ2v) is 3.46. The van der Waals surface area contributed by atoms with Gasteiger partial charge in [-0.25, -0.2) is 4.98 Å². The fourth-order valence-electron chi connectivity index (χ4n) is 1.42. The highest BCUT2D eigenvalue weighted by atomic mass is 16.7. The molecule has 5 nitrogen and oxygen atoms in total. The first kappa shape index (κ1) is 12.2. The Hall–Kier alpha value is -0.910. The Kier molecular flexibility index (Phi) is 4.74. The summed E-state index contributed by atoms with van der Waals surface area (Å²) in [4.78, 5) is 4.22. The monoisotopic (exact) mass is 213 g/mol. The van der Waals surface area contributed by atoms with Crippen LogP contribution in [0.25, 0.3) is 0 Å². The van der Waals surface area contributed by atoms with Gasteiger partial charge in [0.2, 0.25) is 0 Å². The standard InChI is InChI=1S/C10H19N3O2/c1-8(10(14-3)15-4)12-7-9-11-5-6-13(9)2/h5-6,8,10,12H,7H2,1-4H3. The van der Waals surface area contributed by atoms with Crippen LogP contribution in [0.2, 0.25) is 0 Å². The third kappa shape index (κ3) is 3.30. The minimum Gasteiger partial charge on any atom is -0.354 e. The van der Waals surface area contributed by atoms with Gasteiger partial charge in [0.15, 0.2) is 6.29 Å². The molecule has 0 saturated carbocycles. The predicted octanol–water partition coefficient (Wildman–Crippen LogP) is 0.517. The van der Waals surface area contributed by atoms with Gasteiger partial charge in [0, 0.05) is 33.7 Å². The topological polar surface area (TPSA) is 48.3 Å². The second-order valence-electron chi connectivity index (χ2n) is 3.46. The highest BCUT2D eigenvalue weighted by molar-refractivity contribution is 4.90. The number of nitrogens with one attached hydrogen (secondary N) is 1. The summed E-state index contributed by atoms with van der Waals surface area (Å²) in [5.41, 5.74) is 0. The predicted molar refractivity (Wildman–Crippen MR) is 57.3 cm³/mol. The van der Waals surface area contributed by atoms with Crippen molar-refractivity contribution < 1.29 is 9.47 Å². The Morgan fingerprint density at radius 2 is 2.13 bits per heavy atom. The molecule has 1 aromatic heterocycles. The summed E-state index contributed by atoms with van der Waals surface area (Å²) in [6.45, 7) is 2.72. The van der Waals surface area contributed by atoms with Crippen LogP contribution in [-0.2, 0) is 23.1 Å². The maximum Gasteiger partial charge on any atom is 0.171 e. The van der Waals surface area contributed by atoms with Gasteiger partial charge in [-0.05, 0) is 6.92 Å². The smallest absolute Gasteiger partial charge is 0.171 e. The van der Waals surface area contributed by atoms with Gasteiger partial charge in [-0.15, -0.1) is 0 Å². The van der Waals surface area contributed by atoms with Gasteiger partial charge in [-0.1, -0.05) is 0 Å². The molecule has 0 aromatic carbocycles. The van der Waals surface area contributed by atoms with Crippen LogP contribution >= 0.6 is 0 Å². The van der Waals surface area contributed by atoms with Crippen LogP contribution in [0.15, 0.2) is 12.4 Å². The maximum absolute atomic E-state index is 5.15. The van der Waals surface area contributed by atoms with E-state index >= 15 is 0 Å². The molecule has 1 aromatic rings. The van der Waals surface area contributed by atoms with E-state index in [1.54, 1.807) is 20.4 Å². The third-order valence-electron chi connectivity index (χ3n) is 2.38. The van der Waals surface area contributed by atoms with Crippen molar-refractivity contribution in [2.24, 2.45) is 7.05 Å². The number of nitrogens with zero attached hydrogens (tertiary/aromatic N) is 2. The highest BCUT2D eigenvalue weighted by Crippen LogP contribution is 2.00. The van der Waals surface area contributed by atoms with Gasteiger partial charge in [-0.2, -0.15) is 0 Å². The average molecular weight is 213 g/mol. The van der Waals surface area contributed by atoms with E-state index in [0.717, 1.165) is 5.82 Å². The number of hydrogen-bond donors (Lipinski definition) is 1. The SMILES string of the molecule is COC(OC)C(C)NCc1nccn1C. The molecule has 1 atom stereocenters. The average Bonchev–Trinajstić information content (AvgIpc) is 2.63. The molecule has 0 fully saturated rings. The molecule has 1 unspecified atom stereocenters. The summed E-state index contributed by atoms with van der Waals surface area (Å²) < 4.78 is 12.3. The summed E-state index contributed by atoms with van der Waals surface area (Å²) in [6.07, 6.45) is 3.47. The fraction of sp³-hybridized carbons (Fsp3) is 0.700. The molecule has 15 heavy (non-hydrogen) atoms. The van der Waals surface area contributed by atoms with Gasteiger partial charge in [-0.3, -0.25) is 0 Å². The van der Waals surface area contributed by atoms with Gasteiger partial charge in [0.05, 0.1) is 12.6 Å². The molecule has 1 rings (SSSR count). The van der Waals surface area contributed by atoms with Gasteiger partial charge < -0.3 is 19.4 Å². The molecule has 0 aliphatic carbocycles. The number of aryl methyl sites for hydroxylation is 1. The first-order valence-electron chi connectivity index (χ1n) is 4.94. The van der Waals surface area contributed by atoms with Crippen LogP contribution < -0.4 is 5.32 Å². The fourth-order valence-corrected chi connectivity index (χ4v) is 1.42. The molecule has 0 amide bonds. The van der Waals surface area contributed by atoms with Crippen LogP contribution in [0.4, 0.5) is 0 Å². The summed E-state index contributed by atoms with van der Waals surface area (Å²) in [7, 11) is 5.24. The van der Waals surface area contributed by atoms with Crippen molar-refractivity contribution >= 4 is 0 Å². The van der Waals surface area contributed by atoms with E-state index in [-0.39, 0.29) is 12.3 Å². The Morgan fingerprint density at radius 3 is 2.60 bits per heavy atom. The lowest BCUT2D eigenvalue weighted by molar-refractivity contribution is -0.119. The zero-order chi connectivity index (χ0) is 11.3. The van der Waals surface area contributed by atoms with Crippen molar-refractivity contribution in [3.63, 3.8) is 0 Å². The van der Waals surface area contributed by atoms with E-state index in [1.165, 1.54) is 0 Å². The summed E-state index contributed by atoms with van der Waals surface area (Å²) >= 11 is 0. The van der Waals surface area contributed by atoms with Crippen molar-refractivity contribution in [1.82, 2.24) is 14.9 Å². The van der Waals surface area contributed by atoms with E-state index in [0.29, 0.717) is 6.54 Å². The van der Waals surface area contributed by atoms with Crippen LogP contribution in [-0.4, -0.2) is 36.1 Å². The second kappa shape index (κ2) is 5.85. The molecular weight excluding hydrogens is 194 g/mol. The van der Waals surface area contributed by atoms with Crippen molar-refractivity contribution in [3.05, 3.63) is 18.2 Å². The zero-order valence-electron chi connectivity index (χ0n) is 9.73. The Bertz CT molecular complexity index is 284. The van der Waals surface area contributed by atoms with Crippen LogP contribution in [0, 0.1) is 0 Å². The van der Waals surface area contributed by atoms with E-state index in [2.05, 4.69) is 10.3 Å². The van der Waals surface area contributed by atoms with Crippen molar-refractivity contribution in [3.8, 4) is 0 Å². The van der Waals surface area contributed by atoms with E-state index in [9.17, 15) is 0 Å². The molecule has 1 heterocycles. The number of imidazole rings is 1. The van der Waals surface area contributed by atoms with Gasteiger partial charge in [0.1, 0.15) is 5.82 Å². The number of ether oxygens (including phenoxy) is 2. The molecule has 1 N–H and O–H groups in total. The number of hydrogen-bond acceptors (Lipinski definition) is 4. The third-order valence-corrected chi connectivity index (χ3v) is 2.38. The minimum atomic E-state index is -0.231. The number of methoxy groups -OCH3 is 2. The lowest BCUT2D eigenvalue weighted by atomic mass is 10.3. The number of aromatic nitrogens is 2. The molecule has 0 spiro atoms. The van der Waals surface area contributed by atoms with E-state index in [4.69, 9.17) is 9.47 Å². The summed E-state index contributed by atoms with van der Waals surface area (Å²) in [5.74, 6) is 0.993. The van der Waals surface area contributed by atoms with E-state index in [1.807, 2.05) is 24.7 Å². The van der Waals surface area contributed by atoms with Gasteiger partial charge >= 0.3 is 0 Å². The minimum absolute atomic E-state index is 0.122. The van der Waals surface area contributed by atoms with Crippen molar-refractivity contribution in [1.29, 1.82) is 0 Å². The first-order chi connectivity index (χ1) is 7.19. The van der Waals surface area contributed by atoms with Crippen LogP contribution in [0.5, 0.6) is 0 Å². The number of rotatable bonds is 6. The van der Waals surface area contributed by atoms with E-state index < -0.39 is 0 Å². The van der Waals surface area contributed by atoms with Crippen LogP contribution in [0.1, 0.15) is 12.7 Å². The highest BCUT2D eigenvalue weighted by Gasteiger charge is 2.15. The molecule has 0 bridgehead atoms. The lowest BCUT2D eigenvalue weighted by Gasteiger charge is -2.21. The summed E-state index contributed by atoms with van der Waals surface area (Å²) in [6, 6.07) is 0.122. The lowest BCUT2D eigenvalue weighted by Crippen LogP contribution is -2.39. The Balaban J connectivity index is 2.40. The van der Waals surface area contributed by atoms with Crippen molar-refractivity contribution in [2.45, 2.75) is 25.8 Å². The molecule has 0 aliphatic rings. The molecule has 86 valence electrons. The molecule has 5 heteroatoms. The first-order valence-corrected chi connectivity index (χ1v) is 4.94. The normalized spacial score (nSPS) is 13.4. The zero-order valence-corrected chi connectivity index (χ0v) is 9.73. The molecule has 0 saturated heterocycles. The molecular formula is C10H19N3O2. The molecule has 0 aliphatic heterocycles.